The number of rotatable bonds is 2. The standard InChI is InChI=1S/C13H10F4N2O/c1-7-4-8(2-3-9(7)14)20-11-5-12(13(15,16)17)19-6-10(11)18/h2-6H,18H2,1H3. The minimum Gasteiger partial charge on any atom is -0.455 e. The molecule has 0 aliphatic rings. The molecule has 0 atom stereocenters. The van der Waals surface area contributed by atoms with Crippen molar-refractivity contribution in [2.24, 2.45) is 0 Å². The smallest absolute Gasteiger partial charge is 0.433 e. The number of halogens is 4. The average Bonchev–Trinajstić information content (AvgIpc) is 2.35. The van der Waals surface area contributed by atoms with Crippen LogP contribution in [0, 0.1) is 12.7 Å². The van der Waals surface area contributed by atoms with Crippen LogP contribution < -0.4 is 10.5 Å². The van der Waals surface area contributed by atoms with E-state index < -0.39 is 17.7 Å². The van der Waals surface area contributed by atoms with Crippen LogP contribution in [0.15, 0.2) is 30.5 Å². The molecule has 2 N–H and O–H groups in total. The number of aryl methyl sites for hydroxylation is 1. The van der Waals surface area contributed by atoms with Gasteiger partial charge in [-0.05, 0) is 30.7 Å². The fourth-order valence-corrected chi connectivity index (χ4v) is 1.50. The third kappa shape index (κ3) is 2.98. The summed E-state index contributed by atoms with van der Waals surface area (Å²) in [5.41, 5.74) is 4.68. The molecule has 1 aromatic heterocycles. The van der Waals surface area contributed by atoms with Crippen molar-refractivity contribution in [1.82, 2.24) is 4.98 Å². The molecule has 0 saturated carbocycles. The predicted octanol–water partition coefficient (Wildman–Crippen LogP) is 3.92. The molecule has 0 radical (unpaired) electrons. The molecule has 2 aromatic rings. The highest BCUT2D eigenvalue weighted by Crippen LogP contribution is 2.34. The van der Waals surface area contributed by atoms with Crippen LogP contribution >= 0.6 is 0 Å². The lowest BCUT2D eigenvalue weighted by Gasteiger charge is -2.12. The quantitative estimate of drug-likeness (QED) is 0.851. The molecule has 0 bridgehead atoms. The molecule has 106 valence electrons. The monoisotopic (exact) mass is 286 g/mol. The number of aromatic nitrogens is 1. The van der Waals surface area contributed by atoms with Crippen LogP contribution in [-0.4, -0.2) is 4.98 Å². The van der Waals surface area contributed by atoms with Gasteiger partial charge in [0.15, 0.2) is 5.75 Å². The first kappa shape index (κ1) is 14.1. The van der Waals surface area contributed by atoms with Gasteiger partial charge in [-0.2, -0.15) is 13.2 Å². The zero-order valence-corrected chi connectivity index (χ0v) is 10.3. The van der Waals surface area contributed by atoms with Gasteiger partial charge in [-0.1, -0.05) is 0 Å². The first-order valence-corrected chi connectivity index (χ1v) is 5.54. The summed E-state index contributed by atoms with van der Waals surface area (Å²) in [5.74, 6) is -0.427. The minimum atomic E-state index is -4.59. The Kier molecular flexibility index (Phi) is 3.52. The largest absolute Gasteiger partial charge is 0.455 e. The second-order valence-corrected chi connectivity index (χ2v) is 4.12. The zero-order valence-electron chi connectivity index (χ0n) is 10.3. The Hall–Kier alpha value is -2.31. The number of nitrogen functional groups attached to an aromatic ring is 1. The van der Waals surface area contributed by atoms with Gasteiger partial charge in [0.2, 0.25) is 0 Å². The van der Waals surface area contributed by atoms with Gasteiger partial charge in [0.05, 0.1) is 11.9 Å². The molecule has 0 fully saturated rings. The van der Waals surface area contributed by atoms with E-state index in [1.165, 1.54) is 19.1 Å². The maximum atomic E-state index is 13.1. The normalized spacial score (nSPS) is 11.4. The summed E-state index contributed by atoms with van der Waals surface area (Å²) in [6.07, 6.45) is -3.72. The van der Waals surface area contributed by atoms with E-state index in [-0.39, 0.29) is 17.2 Å². The Labute approximate surface area is 112 Å². The van der Waals surface area contributed by atoms with Gasteiger partial charge >= 0.3 is 6.18 Å². The van der Waals surface area contributed by atoms with Crippen molar-refractivity contribution in [1.29, 1.82) is 0 Å². The molecule has 0 saturated heterocycles. The molecule has 1 aromatic carbocycles. The summed E-state index contributed by atoms with van der Waals surface area (Å²) in [7, 11) is 0. The number of hydrogen-bond acceptors (Lipinski definition) is 3. The van der Waals surface area contributed by atoms with Gasteiger partial charge in [-0.3, -0.25) is 0 Å². The van der Waals surface area contributed by atoms with E-state index in [1.54, 1.807) is 0 Å². The number of nitrogens with two attached hydrogens (primary N) is 1. The number of alkyl halides is 3. The number of ether oxygens (including phenoxy) is 1. The van der Waals surface area contributed by atoms with Crippen LogP contribution in [0.2, 0.25) is 0 Å². The van der Waals surface area contributed by atoms with Crippen molar-refractivity contribution in [3.63, 3.8) is 0 Å². The van der Waals surface area contributed by atoms with E-state index in [4.69, 9.17) is 10.5 Å². The van der Waals surface area contributed by atoms with Crippen LogP contribution in [0.3, 0.4) is 0 Å². The van der Waals surface area contributed by atoms with Gasteiger partial charge in [-0.15, -0.1) is 0 Å². The number of anilines is 1. The summed E-state index contributed by atoms with van der Waals surface area (Å²) in [5, 5.41) is 0. The molecule has 0 aliphatic heterocycles. The van der Waals surface area contributed by atoms with Gasteiger partial charge in [0.1, 0.15) is 17.3 Å². The van der Waals surface area contributed by atoms with Crippen molar-refractivity contribution in [2.45, 2.75) is 13.1 Å². The molecule has 0 aliphatic carbocycles. The average molecular weight is 286 g/mol. The second kappa shape index (κ2) is 4.99. The summed E-state index contributed by atoms with van der Waals surface area (Å²) in [6.45, 7) is 1.51. The Morgan fingerprint density at radius 1 is 1.20 bits per heavy atom. The lowest BCUT2D eigenvalue weighted by Crippen LogP contribution is -2.08. The highest BCUT2D eigenvalue weighted by molar-refractivity contribution is 5.53. The SMILES string of the molecule is Cc1cc(Oc2cc(C(F)(F)F)ncc2N)ccc1F. The van der Waals surface area contributed by atoms with E-state index in [0.717, 1.165) is 12.3 Å². The fourth-order valence-electron chi connectivity index (χ4n) is 1.50. The molecule has 7 heteroatoms. The molecular formula is C13H10F4N2O. The summed E-state index contributed by atoms with van der Waals surface area (Å²) in [4.78, 5) is 3.19. The molecule has 3 nitrogen and oxygen atoms in total. The first-order chi connectivity index (χ1) is 9.27. The lowest BCUT2D eigenvalue weighted by molar-refractivity contribution is -0.141. The van der Waals surface area contributed by atoms with Crippen LogP contribution in [0.4, 0.5) is 23.2 Å². The first-order valence-electron chi connectivity index (χ1n) is 5.54. The summed E-state index contributed by atoms with van der Waals surface area (Å²) >= 11 is 0. The Balaban J connectivity index is 2.35. The third-order valence-electron chi connectivity index (χ3n) is 2.54. The Morgan fingerprint density at radius 3 is 2.50 bits per heavy atom. The minimum absolute atomic E-state index is 0.0417. The van der Waals surface area contributed by atoms with Crippen molar-refractivity contribution < 1.29 is 22.3 Å². The molecule has 0 amide bonds. The number of nitrogens with zero attached hydrogens (tertiary/aromatic N) is 1. The highest BCUT2D eigenvalue weighted by Gasteiger charge is 2.33. The third-order valence-corrected chi connectivity index (χ3v) is 2.54. The van der Waals surface area contributed by atoms with E-state index >= 15 is 0 Å². The maximum Gasteiger partial charge on any atom is 0.433 e. The van der Waals surface area contributed by atoms with E-state index in [0.29, 0.717) is 11.6 Å². The van der Waals surface area contributed by atoms with Gasteiger partial charge in [0.25, 0.3) is 0 Å². The van der Waals surface area contributed by atoms with E-state index in [9.17, 15) is 17.6 Å². The van der Waals surface area contributed by atoms with Crippen LogP contribution in [-0.2, 0) is 6.18 Å². The molecule has 2 rings (SSSR count). The molecular weight excluding hydrogens is 276 g/mol. The highest BCUT2D eigenvalue weighted by atomic mass is 19.4. The second-order valence-electron chi connectivity index (χ2n) is 4.12. The van der Waals surface area contributed by atoms with Crippen LogP contribution in [0.1, 0.15) is 11.3 Å². The molecule has 0 spiro atoms. The molecule has 1 heterocycles. The van der Waals surface area contributed by atoms with E-state index in [1.807, 2.05) is 0 Å². The molecule has 20 heavy (non-hydrogen) atoms. The van der Waals surface area contributed by atoms with Crippen molar-refractivity contribution in [3.8, 4) is 11.5 Å². The Bertz CT molecular complexity index is 641. The maximum absolute atomic E-state index is 13.1. The topological polar surface area (TPSA) is 48.1 Å². The fraction of sp³-hybridized carbons (Fsp3) is 0.154. The van der Waals surface area contributed by atoms with Crippen molar-refractivity contribution >= 4 is 5.69 Å². The number of pyridine rings is 1. The molecule has 0 unspecified atom stereocenters. The lowest BCUT2D eigenvalue weighted by atomic mass is 10.2. The zero-order chi connectivity index (χ0) is 14.9. The van der Waals surface area contributed by atoms with Crippen LogP contribution in [0.5, 0.6) is 11.5 Å². The van der Waals surface area contributed by atoms with Crippen LogP contribution in [0.25, 0.3) is 0 Å². The van der Waals surface area contributed by atoms with Crippen molar-refractivity contribution in [2.75, 3.05) is 5.73 Å². The van der Waals surface area contributed by atoms with Crippen molar-refractivity contribution in [3.05, 3.63) is 47.5 Å². The summed E-state index contributed by atoms with van der Waals surface area (Å²) < 4.78 is 56.0. The Morgan fingerprint density at radius 2 is 1.90 bits per heavy atom. The van der Waals surface area contributed by atoms with Gasteiger partial charge < -0.3 is 10.5 Å². The summed E-state index contributed by atoms with van der Waals surface area (Å²) in [6, 6.07) is 4.53. The predicted molar refractivity (Wildman–Crippen MR) is 64.9 cm³/mol. The number of hydrogen-bond donors (Lipinski definition) is 1. The van der Waals surface area contributed by atoms with E-state index in [2.05, 4.69) is 4.98 Å². The number of benzene rings is 1. The van der Waals surface area contributed by atoms with Gasteiger partial charge in [0, 0.05) is 6.07 Å². The van der Waals surface area contributed by atoms with Gasteiger partial charge in [-0.25, -0.2) is 9.37 Å².